The van der Waals surface area contributed by atoms with Crippen molar-refractivity contribution < 1.29 is 37.9 Å². The normalized spacial score (nSPS) is 14.2. The Morgan fingerprint density at radius 3 is 1.29 bits per heavy atom. The SMILES string of the molecule is COCCOCCC1(CCOCCOC)c2cc(C)ccc2-c2ccc(N(c3ccc(-c4ccc5c(c4)c4ccccc4n5-c4ccc5c(c4)C(C)(C)c4ccccc4-5)c(-c4ccccc4)c3)c3ccc4c(c3)C(CCOCCOC)(CCOCCOC)c3cc(C)ccc3-4)cc21. The van der Waals surface area contributed by atoms with Crippen molar-refractivity contribution in [3.05, 3.63) is 251 Å². The summed E-state index contributed by atoms with van der Waals surface area (Å²) in [5, 5.41) is 2.42. The van der Waals surface area contributed by atoms with Crippen LogP contribution in [-0.2, 0) is 54.1 Å². The van der Waals surface area contributed by atoms with Crippen molar-refractivity contribution in [1.29, 1.82) is 0 Å². The summed E-state index contributed by atoms with van der Waals surface area (Å²) in [7, 11) is 6.91. The summed E-state index contributed by atoms with van der Waals surface area (Å²) in [4.78, 5) is 2.51. The second-order valence-corrected chi connectivity index (χ2v) is 27.1. The predicted octanol–water partition coefficient (Wildman–Crippen LogP) is 19.3. The van der Waals surface area contributed by atoms with Gasteiger partial charge in [-0.15, -0.1) is 0 Å². The van der Waals surface area contributed by atoms with Crippen LogP contribution in [0.25, 0.3) is 83.1 Å². The standard InChI is InChI=1S/C87H90N2O8/c1-59-22-29-70-72-33-26-64(57-81(72)86(79(70)52-59,36-40-94-48-44-90-5)37-41-95-49-45-91-6)88(65-27-34-73-71-30-23-60(2)53-80(71)87(82(73)58-65,38-42-96-50-46-92-7)39-43-97-51-47-93-8)63-25-31-67(75(55-63)61-16-10-9-11-17-61)62-24-35-84-76(54-62)74-19-13-15-21-83(74)89(84)66-28-32-69-68-18-12-14-20-77(68)85(3,4)78(69)56-66/h9-35,52-58H,36-51H2,1-8H3. The Morgan fingerprint density at radius 2 is 0.742 bits per heavy atom. The van der Waals surface area contributed by atoms with E-state index in [4.69, 9.17) is 37.9 Å². The number of nitrogens with zero attached hydrogens (tertiary/aromatic N) is 2. The van der Waals surface area contributed by atoms with Gasteiger partial charge in [-0.3, -0.25) is 0 Å². The summed E-state index contributed by atoms with van der Waals surface area (Å²) in [5.41, 5.74) is 28.1. The van der Waals surface area contributed by atoms with Gasteiger partial charge in [0.2, 0.25) is 0 Å². The molecule has 0 saturated carbocycles. The van der Waals surface area contributed by atoms with Crippen LogP contribution in [0.1, 0.15) is 84.0 Å². The van der Waals surface area contributed by atoms with Gasteiger partial charge in [-0.05, 0) is 195 Å². The van der Waals surface area contributed by atoms with Gasteiger partial charge in [-0.25, -0.2) is 0 Å². The number of ether oxygens (including phenoxy) is 8. The average Bonchev–Trinajstić information content (AvgIpc) is 1.59. The molecule has 0 radical (unpaired) electrons. The van der Waals surface area contributed by atoms with Crippen LogP contribution < -0.4 is 4.90 Å². The van der Waals surface area contributed by atoms with Gasteiger partial charge < -0.3 is 47.4 Å². The van der Waals surface area contributed by atoms with Gasteiger partial charge in [0, 0.05) is 105 Å². The lowest BCUT2D eigenvalue weighted by Gasteiger charge is -2.35. The van der Waals surface area contributed by atoms with Crippen molar-refractivity contribution in [1.82, 2.24) is 4.57 Å². The molecule has 3 aliphatic carbocycles. The van der Waals surface area contributed by atoms with E-state index in [1.165, 1.54) is 99.7 Å². The summed E-state index contributed by atoms with van der Waals surface area (Å²) in [6.45, 7) is 15.5. The van der Waals surface area contributed by atoms with Crippen LogP contribution >= 0.6 is 0 Å². The fraction of sp³-hybridized carbons (Fsp3) is 0.310. The van der Waals surface area contributed by atoms with Gasteiger partial charge >= 0.3 is 0 Å². The Kier molecular flexibility index (Phi) is 19.3. The second kappa shape index (κ2) is 28.5. The summed E-state index contributed by atoms with van der Waals surface area (Å²) < 4.78 is 50.2. The lowest BCUT2D eigenvalue weighted by molar-refractivity contribution is 0.0490. The topological polar surface area (TPSA) is 82.0 Å². The van der Waals surface area contributed by atoms with Crippen molar-refractivity contribution in [2.45, 2.75) is 69.6 Å². The van der Waals surface area contributed by atoms with E-state index in [-0.39, 0.29) is 5.41 Å². The van der Waals surface area contributed by atoms with Crippen molar-refractivity contribution in [3.8, 4) is 61.3 Å². The largest absolute Gasteiger partial charge is 0.382 e. The quantitative estimate of drug-likeness (QED) is 0.0409. The van der Waals surface area contributed by atoms with E-state index in [9.17, 15) is 0 Å². The summed E-state index contributed by atoms with van der Waals surface area (Å²) in [6.07, 6.45) is 3.02. The van der Waals surface area contributed by atoms with Gasteiger partial charge in [-0.1, -0.05) is 165 Å². The molecule has 0 bridgehead atoms. The smallest absolute Gasteiger partial charge is 0.0700 e. The zero-order valence-corrected chi connectivity index (χ0v) is 57.6. The number of hydrogen-bond acceptors (Lipinski definition) is 9. The van der Waals surface area contributed by atoms with Gasteiger partial charge in [0.25, 0.3) is 0 Å². The van der Waals surface area contributed by atoms with Crippen LogP contribution in [0.15, 0.2) is 206 Å². The minimum Gasteiger partial charge on any atom is -0.382 e. The first-order valence-corrected chi connectivity index (χ1v) is 34.6. The van der Waals surface area contributed by atoms with Crippen LogP contribution in [0.5, 0.6) is 0 Å². The first-order chi connectivity index (χ1) is 47.5. The molecular formula is C87H90N2O8. The van der Waals surface area contributed by atoms with E-state index < -0.39 is 10.8 Å². The zero-order chi connectivity index (χ0) is 66.7. The molecule has 14 rings (SSSR count). The Hall–Kier alpha value is -8.52. The summed E-state index contributed by atoms with van der Waals surface area (Å²) in [5.74, 6) is 0. The number of benzene rings is 10. The van der Waals surface area contributed by atoms with E-state index >= 15 is 0 Å². The highest BCUT2D eigenvalue weighted by Crippen LogP contribution is 2.58. The lowest BCUT2D eigenvalue weighted by Crippen LogP contribution is -2.30. The zero-order valence-electron chi connectivity index (χ0n) is 57.6. The third-order valence-electron chi connectivity index (χ3n) is 21.1. The Morgan fingerprint density at radius 1 is 0.309 bits per heavy atom. The molecule has 11 aromatic rings. The maximum absolute atomic E-state index is 6.45. The number of aryl methyl sites for hydroxylation is 2. The Labute approximate surface area is 572 Å². The first kappa shape index (κ1) is 65.8. The van der Waals surface area contributed by atoms with E-state index in [2.05, 4.69) is 243 Å². The number of para-hydroxylation sites is 1. The number of fused-ring (bicyclic) bond motifs is 12. The van der Waals surface area contributed by atoms with Crippen LogP contribution in [0.2, 0.25) is 0 Å². The molecule has 1 aromatic heterocycles. The van der Waals surface area contributed by atoms with E-state index in [0.717, 1.165) is 70.7 Å². The maximum Gasteiger partial charge on any atom is 0.0700 e. The molecule has 3 aliphatic rings. The molecule has 0 fully saturated rings. The van der Waals surface area contributed by atoms with Gasteiger partial charge in [0.05, 0.1) is 63.9 Å². The monoisotopic (exact) mass is 1290 g/mol. The molecule has 10 heteroatoms. The molecule has 97 heavy (non-hydrogen) atoms. The molecule has 10 aromatic carbocycles. The van der Waals surface area contributed by atoms with Crippen molar-refractivity contribution in [2.24, 2.45) is 0 Å². The number of rotatable bonds is 30. The van der Waals surface area contributed by atoms with Crippen LogP contribution in [0, 0.1) is 13.8 Å². The molecule has 0 aliphatic heterocycles. The fourth-order valence-corrected chi connectivity index (χ4v) is 16.2. The Balaban J connectivity index is 0.956. The minimum absolute atomic E-state index is 0.131. The molecule has 0 saturated heterocycles. The molecular weight excluding hydrogens is 1200 g/mol. The third-order valence-corrected chi connectivity index (χ3v) is 21.1. The van der Waals surface area contributed by atoms with Gasteiger partial charge in [-0.2, -0.15) is 0 Å². The van der Waals surface area contributed by atoms with Crippen LogP contribution in [-0.4, -0.2) is 112 Å². The Bertz CT molecular complexity index is 4480. The summed E-state index contributed by atoms with van der Waals surface area (Å²) in [6, 6.07) is 78.4. The molecule has 0 unspecified atom stereocenters. The molecule has 0 atom stereocenters. The number of methoxy groups -OCH3 is 4. The van der Waals surface area contributed by atoms with Crippen LogP contribution in [0.3, 0.4) is 0 Å². The molecule has 10 nitrogen and oxygen atoms in total. The molecule has 0 spiro atoms. The predicted molar refractivity (Wildman–Crippen MR) is 395 cm³/mol. The highest BCUT2D eigenvalue weighted by Gasteiger charge is 2.46. The number of anilines is 3. The lowest BCUT2D eigenvalue weighted by atomic mass is 9.72. The van der Waals surface area contributed by atoms with Crippen molar-refractivity contribution >= 4 is 38.9 Å². The average molecular weight is 1290 g/mol. The highest BCUT2D eigenvalue weighted by atomic mass is 16.5. The van der Waals surface area contributed by atoms with Gasteiger partial charge in [0.15, 0.2) is 0 Å². The molecule has 496 valence electrons. The third kappa shape index (κ3) is 12.2. The minimum atomic E-state index is -0.444. The number of hydrogen-bond donors (Lipinski definition) is 0. The second-order valence-electron chi connectivity index (χ2n) is 27.1. The van der Waals surface area contributed by atoms with Gasteiger partial charge in [0.1, 0.15) is 0 Å². The fourth-order valence-electron chi connectivity index (χ4n) is 16.2. The molecule has 1 heterocycles. The number of aromatic nitrogens is 1. The van der Waals surface area contributed by atoms with E-state index in [1.807, 2.05) is 0 Å². The molecule has 0 amide bonds. The summed E-state index contributed by atoms with van der Waals surface area (Å²) >= 11 is 0. The van der Waals surface area contributed by atoms with E-state index in [1.54, 1.807) is 28.4 Å². The highest BCUT2D eigenvalue weighted by molar-refractivity contribution is 6.11. The van der Waals surface area contributed by atoms with E-state index in [0.29, 0.717) is 79.3 Å². The van der Waals surface area contributed by atoms with Crippen LogP contribution in [0.4, 0.5) is 17.1 Å². The first-order valence-electron chi connectivity index (χ1n) is 34.6. The van der Waals surface area contributed by atoms with Crippen molar-refractivity contribution in [3.63, 3.8) is 0 Å². The molecule has 0 N–H and O–H groups in total. The maximum atomic E-state index is 6.45. The van der Waals surface area contributed by atoms with Crippen molar-refractivity contribution in [2.75, 3.05) is 113 Å².